The van der Waals surface area contributed by atoms with Gasteiger partial charge in [0.15, 0.2) is 5.82 Å². The minimum Gasteiger partial charge on any atom is -0.381 e. The minimum absolute atomic E-state index is 0.0182. The summed E-state index contributed by atoms with van der Waals surface area (Å²) in [7, 11) is 0. The Kier molecular flexibility index (Phi) is 6.56. The molecule has 0 radical (unpaired) electrons. The second-order valence-electron chi connectivity index (χ2n) is 7.99. The Morgan fingerprint density at radius 1 is 1.17 bits per heavy atom. The van der Waals surface area contributed by atoms with Gasteiger partial charge in [-0.25, -0.2) is 4.68 Å². The van der Waals surface area contributed by atoms with Gasteiger partial charge >= 0.3 is 0 Å². The number of amides is 1. The first-order valence-electron chi connectivity index (χ1n) is 10.9. The first-order valence-corrected chi connectivity index (χ1v) is 10.9. The van der Waals surface area contributed by atoms with Crippen LogP contribution in [0.25, 0.3) is 11.4 Å². The van der Waals surface area contributed by atoms with Crippen LogP contribution in [0, 0.1) is 5.92 Å². The minimum atomic E-state index is -0.0969. The lowest BCUT2D eigenvalue weighted by Gasteiger charge is -2.37. The van der Waals surface area contributed by atoms with Gasteiger partial charge in [-0.3, -0.25) is 15.0 Å². The van der Waals surface area contributed by atoms with Gasteiger partial charge in [-0.2, -0.15) is 4.98 Å². The number of anilines is 1. The summed E-state index contributed by atoms with van der Waals surface area (Å²) in [5.41, 5.74) is 1.00. The topological polar surface area (TPSA) is 72.3 Å². The van der Waals surface area contributed by atoms with Crippen molar-refractivity contribution in [1.29, 1.82) is 0 Å². The zero-order chi connectivity index (χ0) is 20.1. The normalized spacial score (nSPS) is 21.2. The van der Waals surface area contributed by atoms with Crippen molar-refractivity contribution in [2.24, 2.45) is 5.92 Å². The van der Waals surface area contributed by atoms with Crippen molar-refractivity contribution < 1.29 is 9.53 Å². The molecule has 7 nitrogen and oxygen atoms in total. The zero-order valence-corrected chi connectivity index (χ0v) is 17.2. The van der Waals surface area contributed by atoms with Crippen LogP contribution >= 0.6 is 0 Å². The predicted molar refractivity (Wildman–Crippen MR) is 113 cm³/mol. The molecule has 4 rings (SSSR count). The average Bonchev–Trinajstić information content (AvgIpc) is 3.18. The van der Waals surface area contributed by atoms with E-state index in [1.165, 1.54) is 0 Å². The van der Waals surface area contributed by atoms with Crippen molar-refractivity contribution in [3.63, 3.8) is 0 Å². The summed E-state index contributed by atoms with van der Waals surface area (Å²) in [5, 5.41) is 7.51. The monoisotopic (exact) mass is 397 g/mol. The van der Waals surface area contributed by atoms with E-state index in [0.29, 0.717) is 18.4 Å². The number of piperidine rings is 1. The van der Waals surface area contributed by atoms with Gasteiger partial charge in [-0.1, -0.05) is 36.8 Å². The van der Waals surface area contributed by atoms with Crippen molar-refractivity contribution in [2.75, 3.05) is 31.6 Å². The molecule has 0 unspecified atom stereocenters. The molecule has 29 heavy (non-hydrogen) atoms. The zero-order valence-electron chi connectivity index (χ0n) is 17.2. The maximum Gasteiger partial charge on any atom is 0.249 e. The van der Waals surface area contributed by atoms with Crippen LogP contribution in [0.5, 0.6) is 0 Å². The summed E-state index contributed by atoms with van der Waals surface area (Å²) in [4.78, 5) is 20.1. The van der Waals surface area contributed by atoms with Crippen molar-refractivity contribution in [3.8, 4) is 11.4 Å². The van der Waals surface area contributed by atoms with E-state index in [1.807, 2.05) is 41.9 Å². The molecule has 7 heteroatoms. The summed E-state index contributed by atoms with van der Waals surface area (Å²) >= 11 is 0. The molecule has 0 aliphatic carbocycles. The fourth-order valence-corrected chi connectivity index (χ4v) is 4.38. The molecule has 2 aliphatic heterocycles. The molecule has 1 aromatic heterocycles. The number of nitrogens with zero attached hydrogens (tertiary/aromatic N) is 4. The van der Waals surface area contributed by atoms with Crippen LogP contribution in [-0.2, 0) is 16.1 Å². The fourth-order valence-electron chi connectivity index (χ4n) is 4.38. The third-order valence-electron chi connectivity index (χ3n) is 5.99. The van der Waals surface area contributed by atoms with Gasteiger partial charge in [0.2, 0.25) is 11.9 Å². The molecule has 0 spiro atoms. The number of ether oxygens (including phenoxy) is 1. The molecule has 0 bridgehead atoms. The van der Waals surface area contributed by atoms with E-state index in [0.717, 1.165) is 69.8 Å². The number of aryl methyl sites for hydroxylation is 1. The summed E-state index contributed by atoms with van der Waals surface area (Å²) < 4.78 is 7.33. The lowest BCUT2D eigenvalue weighted by molar-refractivity contribution is -0.123. The van der Waals surface area contributed by atoms with Crippen LogP contribution < -0.4 is 5.32 Å². The second kappa shape index (κ2) is 9.50. The molecule has 2 aliphatic rings. The van der Waals surface area contributed by atoms with Crippen LogP contribution in [0.15, 0.2) is 30.3 Å². The lowest BCUT2D eigenvalue weighted by atomic mass is 9.95. The Labute approximate surface area is 172 Å². The number of carbonyl (C=O) groups is 1. The van der Waals surface area contributed by atoms with Gasteiger partial charge in [0.1, 0.15) is 0 Å². The Hall–Kier alpha value is -2.25. The van der Waals surface area contributed by atoms with Gasteiger partial charge in [0.25, 0.3) is 0 Å². The van der Waals surface area contributed by atoms with E-state index < -0.39 is 0 Å². The fraction of sp³-hybridized carbons (Fsp3) is 0.591. The molecular weight excluding hydrogens is 366 g/mol. The van der Waals surface area contributed by atoms with Crippen LogP contribution in [-0.4, -0.2) is 57.9 Å². The molecule has 2 saturated heterocycles. The van der Waals surface area contributed by atoms with Crippen molar-refractivity contribution in [3.05, 3.63) is 30.3 Å². The highest BCUT2D eigenvalue weighted by atomic mass is 16.5. The summed E-state index contributed by atoms with van der Waals surface area (Å²) in [5.74, 6) is 1.82. The van der Waals surface area contributed by atoms with Crippen LogP contribution in [0.2, 0.25) is 0 Å². The summed E-state index contributed by atoms with van der Waals surface area (Å²) in [6, 6.07) is 9.88. The van der Waals surface area contributed by atoms with E-state index in [2.05, 4.69) is 20.3 Å². The quantitative estimate of drug-likeness (QED) is 0.810. The SMILES string of the molecule is CCn1nc(NC(=O)[C@@H]2CCCCN2CC2CCOCC2)nc1-c1ccccc1. The van der Waals surface area contributed by atoms with E-state index in [-0.39, 0.29) is 11.9 Å². The second-order valence-corrected chi connectivity index (χ2v) is 7.99. The van der Waals surface area contributed by atoms with Crippen LogP contribution in [0.3, 0.4) is 0 Å². The van der Waals surface area contributed by atoms with E-state index in [9.17, 15) is 4.79 Å². The number of aromatic nitrogens is 3. The highest BCUT2D eigenvalue weighted by Crippen LogP contribution is 2.24. The number of rotatable bonds is 6. The molecule has 2 aromatic rings. The first kappa shape index (κ1) is 20.0. The van der Waals surface area contributed by atoms with E-state index >= 15 is 0 Å². The molecule has 0 saturated carbocycles. The van der Waals surface area contributed by atoms with Crippen molar-refractivity contribution in [2.45, 2.75) is 51.6 Å². The molecule has 1 N–H and O–H groups in total. The molecule has 3 heterocycles. The van der Waals surface area contributed by atoms with E-state index in [1.54, 1.807) is 0 Å². The Morgan fingerprint density at radius 2 is 1.97 bits per heavy atom. The Balaban J connectivity index is 1.45. The van der Waals surface area contributed by atoms with Crippen LogP contribution in [0.1, 0.15) is 39.0 Å². The summed E-state index contributed by atoms with van der Waals surface area (Å²) in [6.45, 7) is 6.39. The standard InChI is InChI=1S/C22H31N5O2/c1-2-27-20(18-8-4-3-5-9-18)23-22(25-27)24-21(28)19-10-6-7-13-26(19)16-17-11-14-29-15-12-17/h3-5,8-9,17,19H,2,6-7,10-16H2,1H3,(H,24,25,28)/t19-/m0/s1. The molecule has 2 fully saturated rings. The van der Waals surface area contributed by atoms with Gasteiger partial charge in [0, 0.05) is 31.9 Å². The Morgan fingerprint density at radius 3 is 2.72 bits per heavy atom. The maximum absolute atomic E-state index is 13.1. The van der Waals surface area contributed by atoms with Gasteiger partial charge in [0.05, 0.1) is 6.04 Å². The molecular formula is C22H31N5O2. The largest absolute Gasteiger partial charge is 0.381 e. The van der Waals surface area contributed by atoms with Gasteiger partial charge < -0.3 is 4.74 Å². The molecule has 1 aromatic carbocycles. The van der Waals surface area contributed by atoms with Crippen LogP contribution in [0.4, 0.5) is 5.95 Å². The van der Waals surface area contributed by atoms with Crippen molar-refractivity contribution >= 4 is 11.9 Å². The van der Waals surface area contributed by atoms with E-state index in [4.69, 9.17) is 4.74 Å². The smallest absolute Gasteiger partial charge is 0.249 e. The summed E-state index contributed by atoms with van der Waals surface area (Å²) in [6.07, 6.45) is 5.33. The van der Waals surface area contributed by atoms with Crippen molar-refractivity contribution in [1.82, 2.24) is 19.7 Å². The van der Waals surface area contributed by atoms with Gasteiger partial charge in [-0.15, -0.1) is 5.10 Å². The number of likely N-dealkylation sites (tertiary alicyclic amines) is 1. The predicted octanol–water partition coefficient (Wildman–Crippen LogP) is 3.18. The maximum atomic E-state index is 13.1. The highest BCUT2D eigenvalue weighted by Gasteiger charge is 2.31. The lowest BCUT2D eigenvalue weighted by Crippen LogP contribution is -2.49. The third-order valence-corrected chi connectivity index (χ3v) is 5.99. The number of hydrogen-bond donors (Lipinski definition) is 1. The molecule has 156 valence electrons. The van der Waals surface area contributed by atoms with Gasteiger partial charge in [-0.05, 0) is 45.1 Å². The molecule has 1 atom stereocenters. The highest BCUT2D eigenvalue weighted by molar-refractivity contribution is 5.93. The Bertz CT molecular complexity index is 801. The average molecular weight is 398 g/mol. The number of hydrogen-bond acceptors (Lipinski definition) is 5. The number of carbonyl (C=O) groups excluding carboxylic acids is 1. The third kappa shape index (κ3) is 4.85. The molecule has 1 amide bonds. The number of nitrogens with one attached hydrogen (secondary N) is 1. The first-order chi connectivity index (χ1) is 14.2. The number of benzene rings is 1.